The van der Waals surface area contributed by atoms with E-state index in [9.17, 15) is 14.4 Å². The summed E-state index contributed by atoms with van der Waals surface area (Å²) >= 11 is 0.988. The summed E-state index contributed by atoms with van der Waals surface area (Å²) in [5.41, 5.74) is 2.44. The van der Waals surface area contributed by atoms with Crippen LogP contribution in [0.2, 0.25) is 0 Å². The van der Waals surface area contributed by atoms with Crippen LogP contribution in [0.5, 0.6) is 5.75 Å². The second kappa shape index (κ2) is 12.7. The first-order chi connectivity index (χ1) is 17.3. The van der Waals surface area contributed by atoms with Gasteiger partial charge in [-0.3, -0.25) is 4.79 Å². The van der Waals surface area contributed by atoms with Crippen LogP contribution in [0.4, 0.5) is 5.00 Å². The van der Waals surface area contributed by atoms with Crippen molar-refractivity contribution in [1.82, 2.24) is 0 Å². The summed E-state index contributed by atoms with van der Waals surface area (Å²) in [6, 6.07) is 17.2. The number of hydrogen-bond donors (Lipinski definition) is 1. The summed E-state index contributed by atoms with van der Waals surface area (Å²) in [5.74, 6) is -0.895. The van der Waals surface area contributed by atoms with Gasteiger partial charge in [-0.2, -0.15) is 0 Å². The van der Waals surface area contributed by atoms with Gasteiger partial charge in [-0.05, 0) is 62.6 Å². The Labute approximate surface area is 214 Å². The molecule has 3 aromatic rings. The lowest BCUT2D eigenvalue weighted by atomic mass is 10.1. The number of esters is 2. The SMILES string of the molecule is CCOC(=O)c1c(NC(=O)/C=C/c2ccc(OCc3ccccc3)cc2)sc(C(=O)OC(C)C)c1C. The van der Waals surface area contributed by atoms with E-state index in [1.807, 2.05) is 54.6 Å². The van der Waals surface area contributed by atoms with Crippen molar-refractivity contribution in [2.24, 2.45) is 0 Å². The zero-order chi connectivity index (χ0) is 26.1. The summed E-state index contributed by atoms with van der Waals surface area (Å²) < 4.78 is 16.2. The van der Waals surface area contributed by atoms with Crippen LogP contribution in [0.3, 0.4) is 0 Å². The quantitative estimate of drug-likeness (QED) is 0.266. The zero-order valence-corrected chi connectivity index (χ0v) is 21.5. The maximum atomic E-state index is 12.6. The molecule has 2 aromatic carbocycles. The van der Waals surface area contributed by atoms with Crippen molar-refractivity contribution in [3.63, 3.8) is 0 Å². The fourth-order valence-electron chi connectivity index (χ4n) is 3.25. The average molecular weight is 508 g/mol. The van der Waals surface area contributed by atoms with Crippen LogP contribution in [0.15, 0.2) is 60.7 Å². The highest BCUT2D eigenvalue weighted by atomic mass is 32.1. The highest BCUT2D eigenvalue weighted by molar-refractivity contribution is 7.18. The molecule has 1 heterocycles. The van der Waals surface area contributed by atoms with Gasteiger partial charge in [0.2, 0.25) is 5.91 Å². The van der Waals surface area contributed by atoms with Gasteiger partial charge in [-0.1, -0.05) is 42.5 Å². The molecule has 0 fully saturated rings. The lowest BCUT2D eigenvalue weighted by Gasteiger charge is -2.07. The van der Waals surface area contributed by atoms with E-state index in [2.05, 4.69) is 5.32 Å². The van der Waals surface area contributed by atoms with Gasteiger partial charge in [0, 0.05) is 6.08 Å². The van der Waals surface area contributed by atoms with Crippen molar-refractivity contribution in [1.29, 1.82) is 0 Å². The smallest absolute Gasteiger partial charge is 0.348 e. The highest BCUT2D eigenvalue weighted by Crippen LogP contribution is 2.34. The minimum Gasteiger partial charge on any atom is -0.489 e. The van der Waals surface area contributed by atoms with E-state index in [0.717, 1.165) is 28.2 Å². The molecule has 0 aliphatic rings. The Balaban J connectivity index is 1.69. The maximum Gasteiger partial charge on any atom is 0.348 e. The van der Waals surface area contributed by atoms with E-state index >= 15 is 0 Å². The van der Waals surface area contributed by atoms with E-state index in [1.165, 1.54) is 6.08 Å². The summed E-state index contributed by atoms with van der Waals surface area (Å²) in [6.07, 6.45) is 2.69. The number of anilines is 1. The van der Waals surface area contributed by atoms with Crippen molar-refractivity contribution in [2.45, 2.75) is 40.4 Å². The normalized spacial score (nSPS) is 10.9. The van der Waals surface area contributed by atoms with Gasteiger partial charge in [0.1, 0.15) is 22.2 Å². The van der Waals surface area contributed by atoms with Gasteiger partial charge >= 0.3 is 11.9 Å². The molecule has 36 heavy (non-hydrogen) atoms. The van der Waals surface area contributed by atoms with Gasteiger partial charge < -0.3 is 19.5 Å². The Morgan fingerprint density at radius 3 is 2.33 bits per heavy atom. The van der Waals surface area contributed by atoms with Crippen molar-refractivity contribution < 1.29 is 28.6 Å². The molecule has 0 unspecified atom stereocenters. The Bertz CT molecular complexity index is 1230. The molecule has 0 radical (unpaired) electrons. The van der Waals surface area contributed by atoms with Crippen LogP contribution in [0.25, 0.3) is 6.08 Å². The summed E-state index contributed by atoms with van der Waals surface area (Å²) in [5, 5.41) is 2.94. The van der Waals surface area contributed by atoms with E-state index < -0.39 is 17.8 Å². The molecule has 1 amide bonds. The Morgan fingerprint density at radius 1 is 1.00 bits per heavy atom. The minimum atomic E-state index is -0.611. The molecule has 8 heteroatoms. The molecule has 0 aliphatic heterocycles. The first-order valence-electron chi connectivity index (χ1n) is 11.6. The third kappa shape index (κ3) is 7.29. The fraction of sp³-hybridized carbons (Fsp3) is 0.250. The van der Waals surface area contributed by atoms with E-state index in [1.54, 1.807) is 33.8 Å². The predicted octanol–water partition coefficient (Wildman–Crippen LogP) is 6.03. The molecule has 7 nitrogen and oxygen atoms in total. The molecular formula is C28H29NO6S. The molecule has 0 aliphatic carbocycles. The maximum absolute atomic E-state index is 12.6. The molecule has 1 aromatic heterocycles. The zero-order valence-electron chi connectivity index (χ0n) is 20.7. The topological polar surface area (TPSA) is 90.9 Å². The second-order valence-electron chi connectivity index (χ2n) is 8.10. The van der Waals surface area contributed by atoms with E-state index in [4.69, 9.17) is 14.2 Å². The van der Waals surface area contributed by atoms with Crippen molar-refractivity contribution in [2.75, 3.05) is 11.9 Å². The number of amides is 1. The molecule has 0 atom stereocenters. The predicted molar refractivity (Wildman–Crippen MR) is 140 cm³/mol. The van der Waals surface area contributed by atoms with Gasteiger partial charge in [0.05, 0.1) is 18.3 Å². The van der Waals surface area contributed by atoms with Crippen LogP contribution in [-0.4, -0.2) is 30.6 Å². The summed E-state index contributed by atoms with van der Waals surface area (Å²) in [4.78, 5) is 37.9. The number of carbonyl (C=O) groups excluding carboxylic acids is 3. The molecule has 188 valence electrons. The number of ether oxygens (including phenoxy) is 3. The lowest BCUT2D eigenvalue weighted by molar-refractivity contribution is -0.111. The fourth-order valence-corrected chi connectivity index (χ4v) is 4.34. The van der Waals surface area contributed by atoms with Gasteiger partial charge in [0.15, 0.2) is 0 Å². The minimum absolute atomic E-state index is 0.152. The number of nitrogens with one attached hydrogen (secondary N) is 1. The number of thiophene rings is 1. The molecular weight excluding hydrogens is 478 g/mol. The third-order valence-electron chi connectivity index (χ3n) is 4.95. The molecule has 0 spiro atoms. The Kier molecular flexibility index (Phi) is 9.41. The average Bonchev–Trinajstić information content (AvgIpc) is 3.18. The van der Waals surface area contributed by atoms with Crippen molar-refractivity contribution in [3.8, 4) is 5.75 Å². The number of hydrogen-bond acceptors (Lipinski definition) is 7. The molecule has 0 saturated carbocycles. The van der Waals surface area contributed by atoms with E-state index in [-0.39, 0.29) is 28.2 Å². The van der Waals surface area contributed by atoms with Gasteiger partial charge in [0.25, 0.3) is 0 Å². The molecule has 0 saturated heterocycles. The second-order valence-corrected chi connectivity index (χ2v) is 9.12. The highest BCUT2D eigenvalue weighted by Gasteiger charge is 2.27. The Hall–Kier alpha value is -3.91. The third-order valence-corrected chi connectivity index (χ3v) is 6.13. The van der Waals surface area contributed by atoms with Crippen LogP contribution >= 0.6 is 11.3 Å². The Morgan fingerprint density at radius 2 is 1.69 bits per heavy atom. The van der Waals surface area contributed by atoms with Crippen LogP contribution < -0.4 is 10.1 Å². The standard InChI is InChI=1S/C28H29NO6S/c1-5-33-27(31)24-19(4)25(28(32)35-18(2)3)36-26(24)29-23(30)16-13-20-11-14-22(15-12-20)34-17-21-9-7-6-8-10-21/h6-16,18H,5,17H2,1-4H3,(H,29,30)/b16-13+. The van der Waals surface area contributed by atoms with E-state index in [0.29, 0.717) is 12.2 Å². The van der Waals surface area contributed by atoms with Gasteiger partial charge in [-0.15, -0.1) is 11.3 Å². The first kappa shape index (κ1) is 26.7. The summed E-state index contributed by atoms with van der Waals surface area (Å²) in [7, 11) is 0. The number of rotatable bonds is 10. The van der Waals surface area contributed by atoms with Crippen molar-refractivity contribution >= 4 is 40.3 Å². The molecule has 3 rings (SSSR count). The largest absolute Gasteiger partial charge is 0.489 e. The van der Waals surface area contributed by atoms with Gasteiger partial charge in [-0.25, -0.2) is 9.59 Å². The summed E-state index contributed by atoms with van der Waals surface area (Å²) in [6.45, 7) is 7.43. The van der Waals surface area contributed by atoms with Crippen molar-refractivity contribution in [3.05, 3.63) is 87.8 Å². The lowest BCUT2D eigenvalue weighted by Crippen LogP contribution is -2.13. The van der Waals surface area contributed by atoms with Crippen LogP contribution in [-0.2, 0) is 20.9 Å². The molecule has 1 N–H and O–H groups in total. The number of carbonyl (C=O) groups is 3. The number of benzene rings is 2. The van der Waals surface area contributed by atoms with Crippen LogP contribution in [0.1, 0.15) is 57.5 Å². The monoisotopic (exact) mass is 507 g/mol. The van der Waals surface area contributed by atoms with Crippen LogP contribution in [0, 0.1) is 6.92 Å². The molecule has 0 bridgehead atoms. The first-order valence-corrected chi connectivity index (χ1v) is 12.4.